The topological polar surface area (TPSA) is 28.4 Å². The van der Waals surface area contributed by atoms with Gasteiger partial charge in [-0.2, -0.15) is 0 Å². The van der Waals surface area contributed by atoms with Gasteiger partial charge in [0.25, 0.3) is 0 Å². The van der Waals surface area contributed by atoms with E-state index in [1.54, 1.807) is 6.26 Å². The summed E-state index contributed by atoms with van der Waals surface area (Å²) >= 11 is 0. The quantitative estimate of drug-likeness (QED) is 0.760. The van der Waals surface area contributed by atoms with Crippen LogP contribution in [0.1, 0.15) is 12.2 Å². The maximum Gasteiger partial charge on any atom is 0.117 e. The molecule has 0 unspecified atom stereocenters. The van der Waals surface area contributed by atoms with E-state index in [4.69, 9.17) is 4.42 Å². The lowest BCUT2D eigenvalue weighted by Gasteiger charge is -2.47. The van der Waals surface area contributed by atoms with Gasteiger partial charge in [0, 0.05) is 25.0 Å². The van der Waals surface area contributed by atoms with Crippen molar-refractivity contribution in [1.82, 2.24) is 10.2 Å². The number of hydrogen-bond donors (Lipinski definition) is 1. The lowest BCUT2D eigenvalue weighted by molar-refractivity contribution is 0.00568. The molecule has 14 heavy (non-hydrogen) atoms. The van der Waals surface area contributed by atoms with Crippen LogP contribution in [-0.2, 0) is 6.54 Å². The minimum atomic E-state index is 0.604. The molecule has 1 N–H and O–H groups in total. The molecular formula is C11H16N2O. The highest BCUT2D eigenvalue weighted by atomic mass is 16.3. The summed E-state index contributed by atoms with van der Waals surface area (Å²) in [6, 6.07) is 4.01. The molecule has 3 heteroatoms. The van der Waals surface area contributed by atoms with Crippen molar-refractivity contribution in [2.75, 3.05) is 26.2 Å². The van der Waals surface area contributed by atoms with Crippen LogP contribution in [-0.4, -0.2) is 31.1 Å². The van der Waals surface area contributed by atoms with Crippen LogP contribution in [0, 0.1) is 5.41 Å². The fourth-order valence-electron chi connectivity index (χ4n) is 2.70. The monoisotopic (exact) mass is 192 g/mol. The van der Waals surface area contributed by atoms with Crippen molar-refractivity contribution in [3.63, 3.8) is 0 Å². The van der Waals surface area contributed by atoms with Gasteiger partial charge in [0.2, 0.25) is 0 Å². The minimum absolute atomic E-state index is 0.604. The van der Waals surface area contributed by atoms with Crippen LogP contribution in [0.25, 0.3) is 0 Å². The van der Waals surface area contributed by atoms with E-state index in [1.807, 2.05) is 6.07 Å². The van der Waals surface area contributed by atoms with Gasteiger partial charge in [-0.15, -0.1) is 0 Å². The van der Waals surface area contributed by atoms with E-state index in [1.165, 1.54) is 32.6 Å². The second-order valence-electron chi connectivity index (χ2n) is 4.65. The Morgan fingerprint density at radius 2 is 2.43 bits per heavy atom. The lowest BCUT2D eigenvalue weighted by atomic mass is 9.79. The molecule has 1 spiro atoms. The second-order valence-corrected chi connectivity index (χ2v) is 4.65. The van der Waals surface area contributed by atoms with Gasteiger partial charge in [0.05, 0.1) is 12.8 Å². The molecule has 2 aliphatic rings. The maximum absolute atomic E-state index is 5.33. The Kier molecular flexibility index (Phi) is 1.89. The number of rotatable bonds is 2. The summed E-state index contributed by atoms with van der Waals surface area (Å²) in [5, 5.41) is 3.44. The van der Waals surface area contributed by atoms with Crippen molar-refractivity contribution in [2.45, 2.75) is 13.0 Å². The summed E-state index contributed by atoms with van der Waals surface area (Å²) in [7, 11) is 0. The largest absolute Gasteiger partial charge is 0.468 e. The molecule has 2 aliphatic heterocycles. The number of nitrogens with zero attached hydrogens (tertiary/aromatic N) is 1. The first-order valence-electron chi connectivity index (χ1n) is 5.32. The number of furan rings is 1. The molecule has 2 saturated heterocycles. The molecule has 0 atom stereocenters. The van der Waals surface area contributed by atoms with Crippen LogP contribution >= 0.6 is 0 Å². The first kappa shape index (κ1) is 8.50. The van der Waals surface area contributed by atoms with Crippen molar-refractivity contribution in [2.24, 2.45) is 5.41 Å². The highest BCUT2D eigenvalue weighted by Gasteiger charge is 2.44. The van der Waals surface area contributed by atoms with Gasteiger partial charge in [-0.1, -0.05) is 0 Å². The number of hydrogen-bond acceptors (Lipinski definition) is 3. The Hall–Kier alpha value is -0.800. The number of likely N-dealkylation sites (tertiary alicyclic amines) is 1. The summed E-state index contributed by atoms with van der Waals surface area (Å²) in [6.07, 6.45) is 3.10. The molecule has 0 saturated carbocycles. The van der Waals surface area contributed by atoms with Crippen molar-refractivity contribution < 1.29 is 4.42 Å². The molecule has 3 rings (SSSR count). The summed E-state index contributed by atoms with van der Waals surface area (Å²) < 4.78 is 5.33. The smallest absolute Gasteiger partial charge is 0.117 e. The highest BCUT2D eigenvalue weighted by molar-refractivity contribution is 5.04. The summed E-state index contributed by atoms with van der Waals surface area (Å²) in [4.78, 5) is 2.46. The van der Waals surface area contributed by atoms with Crippen LogP contribution in [0.5, 0.6) is 0 Å². The Labute approximate surface area is 84.1 Å². The number of nitrogens with one attached hydrogen (secondary N) is 1. The lowest BCUT2D eigenvalue weighted by Crippen LogP contribution is -2.56. The molecular weight excluding hydrogens is 176 g/mol. The van der Waals surface area contributed by atoms with E-state index in [0.717, 1.165) is 12.3 Å². The molecule has 0 amide bonds. The molecule has 76 valence electrons. The third-order valence-corrected chi connectivity index (χ3v) is 3.41. The van der Waals surface area contributed by atoms with Crippen molar-refractivity contribution in [1.29, 1.82) is 0 Å². The Balaban J connectivity index is 1.55. The van der Waals surface area contributed by atoms with E-state index in [0.29, 0.717) is 5.41 Å². The van der Waals surface area contributed by atoms with E-state index in [9.17, 15) is 0 Å². The molecule has 1 aromatic heterocycles. The fraction of sp³-hybridized carbons (Fsp3) is 0.636. The van der Waals surface area contributed by atoms with Crippen LogP contribution in [0.15, 0.2) is 22.8 Å². The second kappa shape index (κ2) is 3.11. The van der Waals surface area contributed by atoms with Gasteiger partial charge in [-0.3, -0.25) is 4.90 Å². The van der Waals surface area contributed by atoms with E-state index in [2.05, 4.69) is 16.3 Å². The van der Waals surface area contributed by atoms with E-state index in [-0.39, 0.29) is 0 Å². The van der Waals surface area contributed by atoms with Gasteiger partial charge < -0.3 is 9.73 Å². The van der Waals surface area contributed by atoms with E-state index >= 15 is 0 Å². The zero-order valence-electron chi connectivity index (χ0n) is 8.33. The average Bonchev–Trinajstić information content (AvgIpc) is 2.72. The Morgan fingerprint density at radius 1 is 1.50 bits per heavy atom. The van der Waals surface area contributed by atoms with Crippen LogP contribution in [0.3, 0.4) is 0 Å². The first-order chi connectivity index (χ1) is 6.86. The van der Waals surface area contributed by atoms with Gasteiger partial charge in [0.15, 0.2) is 0 Å². The third-order valence-electron chi connectivity index (χ3n) is 3.41. The first-order valence-corrected chi connectivity index (χ1v) is 5.32. The average molecular weight is 192 g/mol. The van der Waals surface area contributed by atoms with Gasteiger partial charge in [-0.25, -0.2) is 0 Å². The Morgan fingerprint density at radius 3 is 3.07 bits per heavy atom. The molecule has 0 bridgehead atoms. The van der Waals surface area contributed by atoms with Gasteiger partial charge >= 0.3 is 0 Å². The molecule has 3 nitrogen and oxygen atoms in total. The molecule has 3 heterocycles. The standard InChI is InChI=1S/C11H16N2O/c1-2-10(14-5-1)6-13-8-11(9-13)3-4-12-7-11/h1-2,5,12H,3-4,6-9H2. The van der Waals surface area contributed by atoms with Crippen LogP contribution < -0.4 is 5.32 Å². The predicted molar refractivity (Wildman–Crippen MR) is 53.9 cm³/mol. The molecule has 0 radical (unpaired) electrons. The molecule has 2 fully saturated rings. The zero-order valence-corrected chi connectivity index (χ0v) is 8.33. The van der Waals surface area contributed by atoms with Gasteiger partial charge in [-0.05, 0) is 25.1 Å². The fourth-order valence-corrected chi connectivity index (χ4v) is 2.70. The van der Waals surface area contributed by atoms with Crippen molar-refractivity contribution in [3.05, 3.63) is 24.2 Å². The van der Waals surface area contributed by atoms with Crippen LogP contribution in [0.4, 0.5) is 0 Å². The minimum Gasteiger partial charge on any atom is -0.468 e. The summed E-state index contributed by atoms with van der Waals surface area (Å²) in [6.45, 7) is 5.87. The van der Waals surface area contributed by atoms with E-state index < -0.39 is 0 Å². The predicted octanol–water partition coefficient (Wildman–Crippen LogP) is 1.07. The normalized spacial score (nSPS) is 25.4. The maximum atomic E-state index is 5.33. The van der Waals surface area contributed by atoms with Crippen LogP contribution in [0.2, 0.25) is 0 Å². The van der Waals surface area contributed by atoms with Crippen molar-refractivity contribution in [3.8, 4) is 0 Å². The molecule has 0 aliphatic carbocycles. The molecule has 0 aromatic carbocycles. The summed E-state index contributed by atoms with van der Waals surface area (Å²) in [5.41, 5.74) is 0.604. The highest BCUT2D eigenvalue weighted by Crippen LogP contribution is 2.36. The summed E-state index contributed by atoms with van der Waals surface area (Å²) in [5.74, 6) is 1.09. The SMILES string of the molecule is c1coc(CN2CC3(CCNC3)C2)c1. The van der Waals surface area contributed by atoms with Crippen molar-refractivity contribution >= 4 is 0 Å². The molecule has 1 aromatic rings. The zero-order chi connectivity index (χ0) is 9.43. The van der Waals surface area contributed by atoms with Gasteiger partial charge in [0.1, 0.15) is 5.76 Å². The Bertz CT molecular complexity index is 293. The third kappa shape index (κ3) is 1.37.